The number of imide groups is 1. The molecule has 2 N–H and O–H groups in total. The van der Waals surface area contributed by atoms with Gasteiger partial charge in [0.1, 0.15) is 17.8 Å². The van der Waals surface area contributed by atoms with Gasteiger partial charge in [0.25, 0.3) is 0 Å². The Labute approximate surface area is 292 Å². The second-order valence-electron chi connectivity index (χ2n) is 13.9. The molecule has 50 heavy (non-hydrogen) atoms. The monoisotopic (exact) mass is 683 g/mol. The zero-order chi connectivity index (χ0) is 36.5. The first kappa shape index (κ1) is 37.4. The van der Waals surface area contributed by atoms with E-state index in [1.165, 1.54) is 6.20 Å². The maximum Gasteiger partial charge on any atom is 0.425 e. The number of nitrogens with zero attached hydrogens (tertiary/aromatic N) is 2. The van der Waals surface area contributed by atoms with Gasteiger partial charge in [0.05, 0.1) is 0 Å². The predicted octanol–water partition coefficient (Wildman–Crippen LogP) is 8.61. The number of hydrogen-bond donors (Lipinski definition) is 2. The maximum atomic E-state index is 13.2. The fourth-order valence-electron chi connectivity index (χ4n) is 5.03. The molecule has 264 valence electrons. The van der Waals surface area contributed by atoms with Gasteiger partial charge in [-0.1, -0.05) is 54.6 Å². The molecule has 0 bridgehead atoms. The standard InChI is InChI=1S/C39H45N3O8/c1-38(2,3)49-36(46)42(37(47)50-39(4,5)6)34-31-21-20-30(24-29(31)22-23-40-34)41-33(35(44)45)28-18-16-26(17-19-28)12-10-11-15-32(43)48-25-27-13-8-7-9-14-27/h7-9,13-14,16-24,33,41H,10-12,15,25H2,1-6H3,(H,44,45). The van der Waals surface area contributed by atoms with Gasteiger partial charge in [-0.3, -0.25) is 4.79 Å². The number of aromatic nitrogens is 1. The average molecular weight is 684 g/mol. The molecule has 0 spiro atoms. The number of fused-ring (bicyclic) bond motifs is 1. The molecule has 1 heterocycles. The number of esters is 1. The van der Waals surface area contributed by atoms with Crippen molar-refractivity contribution in [3.8, 4) is 0 Å². The summed E-state index contributed by atoms with van der Waals surface area (Å²) >= 11 is 0. The van der Waals surface area contributed by atoms with Crippen LogP contribution < -0.4 is 10.2 Å². The highest BCUT2D eigenvalue weighted by molar-refractivity contribution is 6.14. The number of rotatable bonds is 12. The molecule has 11 heteroatoms. The molecular weight excluding hydrogens is 638 g/mol. The van der Waals surface area contributed by atoms with Gasteiger partial charge >= 0.3 is 24.1 Å². The number of benzene rings is 3. The number of unbranched alkanes of at least 4 members (excludes halogenated alkanes) is 1. The van der Waals surface area contributed by atoms with Crippen LogP contribution in [0.25, 0.3) is 10.8 Å². The zero-order valence-electron chi connectivity index (χ0n) is 29.4. The number of ether oxygens (including phenoxy) is 3. The van der Waals surface area contributed by atoms with E-state index < -0.39 is 35.4 Å². The summed E-state index contributed by atoms with van der Waals surface area (Å²) in [6.07, 6.45) is 2.11. The Kier molecular flexibility index (Phi) is 12.2. The molecule has 0 aliphatic carbocycles. The molecule has 0 saturated heterocycles. The Balaban J connectivity index is 1.43. The molecule has 1 unspecified atom stereocenters. The number of carbonyl (C=O) groups is 4. The number of pyridine rings is 1. The number of hydrogen-bond acceptors (Lipinski definition) is 9. The Morgan fingerprint density at radius 1 is 0.800 bits per heavy atom. The molecule has 0 aliphatic heterocycles. The van der Waals surface area contributed by atoms with Gasteiger partial charge in [0.2, 0.25) is 0 Å². The quantitative estimate of drug-likeness (QED) is 0.0846. The predicted molar refractivity (Wildman–Crippen MR) is 191 cm³/mol. The molecule has 11 nitrogen and oxygen atoms in total. The number of carbonyl (C=O) groups excluding carboxylic acids is 3. The van der Waals surface area contributed by atoms with Crippen LogP contribution in [0.5, 0.6) is 0 Å². The van der Waals surface area contributed by atoms with E-state index in [0.717, 1.165) is 28.9 Å². The van der Waals surface area contributed by atoms with Crippen LogP contribution in [-0.2, 0) is 36.8 Å². The Bertz CT molecular complexity index is 1770. The van der Waals surface area contributed by atoms with E-state index in [1.807, 2.05) is 42.5 Å². The third-order valence-corrected chi connectivity index (χ3v) is 7.32. The summed E-state index contributed by atoms with van der Waals surface area (Å²) in [5, 5.41) is 14.2. The lowest BCUT2D eigenvalue weighted by molar-refractivity contribution is -0.145. The minimum absolute atomic E-state index is 0.0204. The van der Waals surface area contributed by atoms with E-state index in [-0.39, 0.29) is 18.4 Å². The number of carboxylic acid groups (broad SMARTS) is 1. The van der Waals surface area contributed by atoms with E-state index in [4.69, 9.17) is 14.2 Å². The molecule has 0 fully saturated rings. The number of nitrogens with one attached hydrogen (secondary N) is 1. The number of carboxylic acids is 1. The van der Waals surface area contributed by atoms with Crippen molar-refractivity contribution in [1.82, 2.24) is 4.98 Å². The molecule has 1 aromatic heterocycles. The minimum Gasteiger partial charge on any atom is -0.479 e. The second kappa shape index (κ2) is 16.3. The summed E-state index contributed by atoms with van der Waals surface area (Å²) in [6.45, 7) is 10.4. The molecule has 1 atom stereocenters. The van der Waals surface area contributed by atoms with Gasteiger partial charge in [-0.15, -0.1) is 0 Å². The van der Waals surface area contributed by atoms with Crippen molar-refractivity contribution in [3.05, 3.63) is 102 Å². The van der Waals surface area contributed by atoms with Gasteiger partial charge < -0.3 is 24.6 Å². The minimum atomic E-state index is -1.07. The largest absolute Gasteiger partial charge is 0.479 e. The summed E-state index contributed by atoms with van der Waals surface area (Å²) in [5.74, 6) is -1.28. The van der Waals surface area contributed by atoms with Crippen molar-refractivity contribution in [3.63, 3.8) is 0 Å². The smallest absolute Gasteiger partial charge is 0.425 e. The fourth-order valence-corrected chi connectivity index (χ4v) is 5.03. The van der Waals surface area contributed by atoms with Crippen molar-refractivity contribution in [1.29, 1.82) is 0 Å². The maximum absolute atomic E-state index is 13.2. The number of aryl methyl sites for hydroxylation is 1. The highest BCUT2D eigenvalue weighted by Crippen LogP contribution is 2.31. The van der Waals surface area contributed by atoms with E-state index in [2.05, 4.69) is 10.3 Å². The lowest BCUT2D eigenvalue weighted by Crippen LogP contribution is -2.44. The summed E-state index contributed by atoms with van der Waals surface area (Å²) in [4.78, 5) is 56.0. The third kappa shape index (κ3) is 11.0. The lowest BCUT2D eigenvalue weighted by Gasteiger charge is -2.28. The van der Waals surface area contributed by atoms with Gasteiger partial charge in [-0.2, -0.15) is 4.90 Å². The summed E-state index contributed by atoms with van der Waals surface area (Å²) in [5.41, 5.74) is 1.27. The van der Waals surface area contributed by atoms with Crippen molar-refractivity contribution in [2.24, 2.45) is 0 Å². The number of anilines is 2. The normalized spacial score (nSPS) is 12.1. The van der Waals surface area contributed by atoms with E-state index in [9.17, 15) is 24.3 Å². The average Bonchev–Trinajstić information content (AvgIpc) is 3.04. The van der Waals surface area contributed by atoms with Crippen molar-refractivity contribution < 1.29 is 38.5 Å². The Morgan fingerprint density at radius 3 is 2.04 bits per heavy atom. The van der Waals surface area contributed by atoms with Crippen LogP contribution in [0.2, 0.25) is 0 Å². The van der Waals surface area contributed by atoms with Crippen LogP contribution in [-0.4, -0.2) is 45.4 Å². The summed E-state index contributed by atoms with van der Waals surface area (Å²) < 4.78 is 16.4. The van der Waals surface area contributed by atoms with E-state index >= 15 is 0 Å². The van der Waals surface area contributed by atoms with Crippen LogP contribution in [0, 0.1) is 0 Å². The lowest BCUT2D eigenvalue weighted by atomic mass is 10.0. The fraction of sp³-hybridized carbons (Fsp3) is 0.359. The molecule has 2 amide bonds. The highest BCUT2D eigenvalue weighted by Gasteiger charge is 2.34. The number of amides is 2. The van der Waals surface area contributed by atoms with E-state index in [1.54, 1.807) is 77.9 Å². The van der Waals surface area contributed by atoms with Crippen LogP contribution in [0.4, 0.5) is 21.1 Å². The SMILES string of the molecule is CC(C)(C)OC(=O)N(C(=O)OC(C)(C)C)c1nccc2cc(NC(C(=O)O)c3ccc(CCCCC(=O)OCc4ccccc4)cc3)ccc12. The number of aliphatic carboxylic acids is 1. The molecule has 0 radical (unpaired) electrons. The molecule has 4 rings (SSSR count). The van der Waals surface area contributed by atoms with Crippen molar-refractivity contribution >= 4 is 46.4 Å². The van der Waals surface area contributed by atoms with Gasteiger partial charge in [0.15, 0.2) is 11.9 Å². The van der Waals surface area contributed by atoms with Gasteiger partial charge in [0, 0.05) is 23.7 Å². The van der Waals surface area contributed by atoms with Crippen LogP contribution in [0.1, 0.15) is 83.5 Å². The zero-order valence-corrected chi connectivity index (χ0v) is 29.4. The first-order valence-corrected chi connectivity index (χ1v) is 16.5. The van der Waals surface area contributed by atoms with Crippen LogP contribution >= 0.6 is 0 Å². The molecule has 3 aromatic carbocycles. The van der Waals surface area contributed by atoms with Crippen LogP contribution in [0.15, 0.2) is 85.1 Å². The molecule has 0 aliphatic rings. The van der Waals surface area contributed by atoms with Gasteiger partial charge in [-0.25, -0.2) is 19.4 Å². The first-order chi connectivity index (χ1) is 23.6. The van der Waals surface area contributed by atoms with Crippen molar-refractivity contribution in [2.75, 3.05) is 10.2 Å². The summed E-state index contributed by atoms with van der Waals surface area (Å²) in [7, 11) is 0. The summed E-state index contributed by atoms with van der Waals surface area (Å²) in [6, 6.07) is 22.5. The Hall–Kier alpha value is -5.45. The first-order valence-electron chi connectivity index (χ1n) is 16.5. The molecular formula is C39H45N3O8. The Morgan fingerprint density at radius 2 is 1.44 bits per heavy atom. The topological polar surface area (TPSA) is 144 Å². The molecule has 4 aromatic rings. The van der Waals surface area contributed by atoms with Gasteiger partial charge in [-0.05, 0) is 107 Å². The third-order valence-electron chi connectivity index (χ3n) is 7.32. The second-order valence-corrected chi connectivity index (χ2v) is 13.9. The molecule has 0 saturated carbocycles. The van der Waals surface area contributed by atoms with Crippen molar-refractivity contribution in [2.45, 2.75) is 91.1 Å². The van der Waals surface area contributed by atoms with Crippen LogP contribution in [0.3, 0.4) is 0 Å². The highest BCUT2D eigenvalue weighted by atomic mass is 16.6. The van der Waals surface area contributed by atoms with E-state index in [0.29, 0.717) is 34.9 Å².